The Morgan fingerprint density at radius 1 is 1.37 bits per heavy atom. The number of hydrogen-bond acceptors (Lipinski definition) is 4. The maximum Gasteiger partial charge on any atom is 0.237 e. The molecular weight excluding hydrogens is 276 g/mol. The highest BCUT2D eigenvalue weighted by molar-refractivity contribution is 8.02. The fraction of sp³-hybridized carbons (Fsp3) is 0.286. The predicted octanol–water partition coefficient (Wildman–Crippen LogP) is 3.88. The molecule has 1 N–H and O–H groups in total. The lowest BCUT2D eigenvalue weighted by Gasteiger charge is -2.12. The smallest absolute Gasteiger partial charge is 0.237 e. The number of aryl methyl sites for hydroxylation is 2. The first kappa shape index (κ1) is 14.1. The molecule has 1 atom stereocenters. The normalized spacial score (nSPS) is 12.2. The van der Waals surface area contributed by atoms with E-state index in [4.69, 9.17) is 0 Å². The zero-order chi connectivity index (χ0) is 13.8. The predicted molar refractivity (Wildman–Crippen MR) is 82.0 cm³/mol. The Hall–Kier alpha value is -1.33. The molecule has 1 aromatic carbocycles. The fourth-order valence-corrected chi connectivity index (χ4v) is 3.52. The van der Waals surface area contributed by atoms with Crippen molar-refractivity contribution in [1.29, 1.82) is 0 Å². The van der Waals surface area contributed by atoms with Crippen molar-refractivity contribution in [2.45, 2.75) is 30.4 Å². The van der Waals surface area contributed by atoms with Crippen LogP contribution in [0.15, 0.2) is 34.0 Å². The standard InChI is InChI=1S/C14H16N2OS2/c1-9-6-4-5-7-12(9)16-13(17)11(3)19-14-15-10(2)8-18-14/h4-8,11H,1-3H3,(H,16,17)/t11-/m0/s1. The number of carbonyl (C=O) groups excluding carboxylic acids is 1. The highest BCUT2D eigenvalue weighted by atomic mass is 32.2. The number of rotatable bonds is 4. The van der Waals surface area contributed by atoms with E-state index in [1.54, 1.807) is 11.3 Å². The number of nitrogens with one attached hydrogen (secondary N) is 1. The molecule has 1 amide bonds. The quantitative estimate of drug-likeness (QED) is 0.870. The van der Waals surface area contributed by atoms with Gasteiger partial charge in [-0.15, -0.1) is 11.3 Å². The van der Waals surface area contributed by atoms with E-state index in [1.165, 1.54) is 11.8 Å². The second-order valence-corrected chi connectivity index (χ2v) is 6.77. The minimum absolute atomic E-state index is 0.00662. The number of benzene rings is 1. The second-order valence-electron chi connectivity index (χ2n) is 4.32. The van der Waals surface area contributed by atoms with Crippen LogP contribution in [0.2, 0.25) is 0 Å². The second kappa shape index (κ2) is 6.21. The zero-order valence-corrected chi connectivity index (χ0v) is 12.8. The van der Waals surface area contributed by atoms with Gasteiger partial charge >= 0.3 is 0 Å². The van der Waals surface area contributed by atoms with Crippen LogP contribution < -0.4 is 5.32 Å². The first-order valence-corrected chi connectivity index (χ1v) is 7.77. The van der Waals surface area contributed by atoms with Gasteiger partial charge in [0.2, 0.25) is 5.91 Å². The van der Waals surface area contributed by atoms with Gasteiger partial charge in [0.1, 0.15) is 0 Å². The summed E-state index contributed by atoms with van der Waals surface area (Å²) in [5.41, 5.74) is 2.94. The van der Waals surface area contributed by atoms with Crippen LogP contribution in [-0.4, -0.2) is 16.1 Å². The zero-order valence-electron chi connectivity index (χ0n) is 11.1. The Bertz CT molecular complexity index is 580. The van der Waals surface area contributed by atoms with E-state index >= 15 is 0 Å². The minimum atomic E-state index is -0.162. The van der Waals surface area contributed by atoms with Gasteiger partial charge in [-0.2, -0.15) is 0 Å². The number of aromatic nitrogens is 1. The molecule has 1 heterocycles. The number of thiazole rings is 1. The Labute approximate surface area is 121 Å². The molecule has 0 radical (unpaired) electrons. The molecule has 0 spiro atoms. The molecule has 2 aromatic rings. The van der Waals surface area contributed by atoms with Gasteiger partial charge in [-0.05, 0) is 32.4 Å². The highest BCUT2D eigenvalue weighted by Crippen LogP contribution is 2.27. The lowest BCUT2D eigenvalue weighted by Crippen LogP contribution is -2.22. The van der Waals surface area contributed by atoms with Crippen LogP contribution in [0.1, 0.15) is 18.2 Å². The lowest BCUT2D eigenvalue weighted by atomic mass is 10.2. The first-order valence-electron chi connectivity index (χ1n) is 6.01. The molecule has 0 aliphatic heterocycles. The van der Waals surface area contributed by atoms with Gasteiger partial charge in [-0.1, -0.05) is 30.0 Å². The number of amides is 1. The minimum Gasteiger partial charge on any atom is -0.325 e. The molecule has 0 fully saturated rings. The van der Waals surface area contributed by atoms with Crippen molar-refractivity contribution in [3.05, 3.63) is 40.9 Å². The molecule has 0 saturated heterocycles. The Balaban J connectivity index is 1.98. The van der Waals surface area contributed by atoms with Gasteiger partial charge in [0.05, 0.1) is 5.25 Å². The van der Waals surface area contributed by atoms with Crippen molar-refractivity contribution < 1.29 is 4.79 Å². The van der Waals surface area contributed by atoms with E-state index in [0.717, 1.165) is 21.3 Å². The number of carbonyl (C=O) groups is 1. The third kappa shape index (κ3) is 3.81. The van der Waals surface area contributed by atoms with Gasteiger partial charge in [0, 0.05) is 16.8 Å². The summed E-state index contributed by atoms with van der Waals surface area (Å²) in [6, 6.07) is 7.78. The van der Waals surface area contributed by atoms with Gasteiger partial charge in [-0.3, -0.25) is 4.79 Å². The third-order valence-corrected chi connectivity index (χ3v) is 4.84. The van der Waals surface area contributed by atoms with Crippen LogP contribution in [0, 0.1) is 13.8 Å². The van der Waals surface area contributed by atoms with Crippen molar-refractivity contribution in [2.24, 2.45) is 0 Å². The van der Waals surface area contributed by atoms with Crippen molar-refractivity contribution in [3.8, 4) is 0 Å². The van der Waals surface area contributed by atoms with Crippen molar-refractivity contribution >= 4 is 34.7 Å². The van der Waals surface area contributed by atoms with E-state index in [2.05, 4.69) is 10.3 Å². The number of thioether (sulfide) groups is 1. The summed E-state index contributed by atoms with van der Waals surface area (Å²) in [4.78, 5) is 16.5. The molecule has 3 nitrogen and oxygen atoms in total. The summed E-state index contributed by atoms with van der Waals surface area (Å²) in [6.45, 7) is 5.84. The Morgan fingerprint density at radius 3 is 2.74 bits per heavy atom. The first-order chi connectivity index (χ1) is 9.06. The van der Waals surface area contributed by atoms with Crippen LogP contribution in [-0.2, 0) is 4.79 Å². The Morgan fingerprint density at radius 2 is 2.11 bits per heavy atom. The summed E-state index contributed by atoms with van der Waals surface area (Å²) in [6.07, 6.45) is 0. The molecular formula is C14H16N2OS2. The largest absolute Gasteiger partial charge is 0.325 e. The van der Waals surface area contributed by atoms with Gasteiger partial charge in [0.15, 0.2) is 4.34 Å². The van der Waals surface area contributed by atoms with E-state index in [-0.39, 0.29) is 11.2 Å². The topological polar surface area (TPSA) is 42.0 Å². The lowest BCUT2D eigenvalue weighted by molar-refractivity contribution is -0.115. The number of nitrogens with zero attached hydrogens (tertiary/aromatic N) is 1. The van der Waals surface area contributed by atoms with Crippen molar-refractivity contribution in [1.82, 2.24) is 4.98 Å². The van der Waals surface area contributed by atoms with Crippen LogP contribution in [0.25, 0.3) is 0 Å². The summed E-state index contributed by atoms with van der Waals surface area (Å²) in [5, 5.41) is 4.79. The van der Waals surface area contributed by atoms with Crippen molar-refractivity contribution in [2.75, 3.05) is 5.32 Å². The molecule has 0 saturated carbocycles. The van der Waals surface area contributed by atoms with Gasteiger partial charge < -0.3 is 5.32 Å². The number of para-hydroxylation sites is 1. The van der Waals surface area contributed by atoms with Crippen LogP contribution in [0.3, 0.4) is 0 Å². The maximum atomic E-state index is 12.1. The molecule has 0 unspecified atom stereocenters. The van der Waals surface area contributed by atoms with E-state index in [9.17, 15) is 4.79 Å². The SMILES string of the molecule is Cc1csc(S[C@@H](C)C(=O)Nc2ccccc2C)n1. The monoisotopic (exact) mass is 292 g/mol. The van der Waals surface area contributed by atoms with Crippen LogP contribution in [0.5, 0.6) is 0 Å². The molecule has 0 bridgehead atoms. The maximum absolute atomic E-state index is 12.1. The van der Waals surface area contributed by atoms with E-state index in [0.29, 0.717) is 0 Å². The van der Waals surface area contributed by atoms with Gasteiger partial charge in [-0.25, -0.2) is 4.98 Å². The molecule has 2 rings (SSSR count). The molecule has 19 heavy (non-hydrogen) atoms. The number of anilines is 1. The van der Waals surface area contributed by atoms with E-state index < -0.39 is 0 Å². The average Bonchev–Trinajstić information content (AvgIpc) is 2.77. The third-order valence-electron chi connectivity index (χ3n) is 2.65. The highest BCUT2D eigenvalue weighted by Gasteiger charge is 2.16. The Kier molecular flexibility index (Phi) is 4.61. The molecule has 5 heteroatoms. The molecule has 1 aromatic heterocycles. The summed E-state index contributed by atoms with van der Waals surface area (Å²) in [5.74, 6) is 0.00662. The molecule has 100 valence electrons. The average molecular weight is 292 g/mol. The fourth-order valence-electron chi connectivity index (χ4n) is 1.54. The molecule has 0 aliphatic rings. The molecule has 0 aliphatic carbocycles. The van der Waals surface area contributed by atoms with Gasteiger partial charge in [0.25, 0.3) is 0 Å². The van der Waals surface area contributed by atoms with E-state index in [1.807, 2.05) is 50.4 Å². The number of hydrogen-bond donors (Lipinski definition) is 1. The summed E-state index contributed by atoms with van der Waals surface area (Å²) in [7, 11) is 0. The van der Waals surface area contributed by atoms with Crippen molar-refractivity contribution in [3.63, 3.8) is 0 Å². The van der Waals surface area contributed by atoms with Crippen LogP contribution in [0.4, 0.5) is 5.69 Å². The van der Waals surface area contributed by atoms with Crippen LogP contribution >= 0.6 is 23.1 Å². The summed E-state index contributed by atoms with van der Waals surface area (Å²) < 4.78 is 0.935. The summed E-state index contributed by atoms with van der Waals surface area (Å²) >= 11 is 3.07.